The number of hydrogen-bond donors (Lipinski definition) is 2. The van der Waals surface area contributed by atoms with Gasteiger partial charge < -0.3 is 15.8 Å². The fraction of sp³-hybridized carbons (Fsp3) is 0.500. The summed E-state index contributed by atoms with van der Waals surface area (Å²) < 4.78 is 41.1. The number of primary amides is 1. The van der Waals surface area contributed by atoms with Crippen molar-refractivity contribution >= 4 is 11.8 Å². The van der Waals surface area contributed by atoms with Crippen LogP contribution in [0.5, 0.6) is 5.75 Å². The molecule has 9 heteroatoms. The summed E-state index contributed by atoms with van der Waals surface area (Å²) in [5.74, 6) is -1.14. The molecule has 0 aliphatic carbocycles. The number of halogens is 3. The van der Waals surface area contributed by atoms with E-state index in [1.165, 1.54) is 18.2 Å². The van der Waals surface area contributed by atoms with Crippen molar-refractivity contribution in [3.05, 3.63) is 29.8 Å². The third-order valence-corrected chi connectivity index (χ3v) is 3.04. The van der Waals surface area contributed by atoms with Crippen molar-refractivity contribution in [3.63, 3.8) is 0 Å². The summed E-state index contributed by atoms with van der Waals surface area (Å²) in [5, 5.41) is 2.52. The zero-order valence-corrected chi connectivity index (χ0v) is 14.1. The third kappa shape index (κ3) is 8.94. The van der Waals surface area contributed by atoms with Gasteiger partial charge >= 0.3 is 6.36 Å². The summed E-state index contributed by atoms with van der Waals surface area (Å²) in [6.45, 7) is 4.07. The van der Waals surface area contributed by atoms with Crippen LogP contribution in [0, 0.1) is 5.92 Å². The summed E-state index contributed by atoms with van der Waals surface area (Å²) in [7, 11) is 0. The first kappa shape index (κ1) is 20.8. The summed E-state index contributed by atoms with van der Waals surface area (Å²) in [6, 6.07) is 5.55. The number of carbonyl (C=O) groups is 2. The predicted molar refractivity (Wildman–Crippen MR) is 85.4 cm³/mol. The standard InChI is InChI=1S/C16H22F3N3O3/c1-11(2)8-22(9-14(20)23)10-15(24)21-7-12-5-3-4-6-13(12)25-16(17,18)19/h3-6,11H,7-10H2,1-2H3,(H2,20,23)(H,21,24). The number of nitrogens with one attached hydrogen (secondary N) is 1. The largest absolute Gasteiger partial charge is 0.573 e. The molecule has 140 valence electrons. The van der Waals surface area contributed by atoms with Crippen LogP contribution in [0.15, 0.2) is 24.3 Å². The number of amides is 2. The first-order valence-electron chi connectivity index (χ1n) is 7.68. The van der Waals surface area contributed by atoms with Crippen molar-refractivity contribution in [1.29, 1.82) is 0 Å². The molecule has 0 bridgehead atoms. The minimum Gasteiger partial charge on any atom is -0.405 e. The van der Waals surface area contributed by atoms with E-state index in [0.29, 0.717) is 6.54 Å². The van der Waals surface area contributed by atoms with Crippen LogP contribution in [-0.4, -0.2) is 42.7 Å². The van der Waals surface area contributed by atoms with Gasteiger partial charge in [-0.3, -0.25) is 14.5 Å². The van der Waals surface area contributed by atoms with Gasteiger partial charge in [0.15, 0.2) is 0 Å². The number of nitrogens with zero attached hydrogens (tertiary/aromatic N) is 1. The molecule has 6 nitrogen and oxygen atoms in total. The van der Waals surface area contributed by atoms with Crippen molar-refractivity contribution in [2.45, 2.75) is 26.8 Å². The van der Waals surface area contributed by atoms with E-state index in [2.05, 4.69) is 10.1 Å². The summed E-state index contributed by atoms with van der Waals surface area (Å²) in [5.41, 5.74) is 5.35. The number of ether oxygens (including phenoxy) is 1. The highest BCUT2D eigenvalue weighted by Gasteiger charge is 2.32. The third-order valence-electron chi connectivity index (χ3n) is 3.04. The molecule has 0 heterocycles. The van der Waals surface area contributed by atoms with E-state index in [4.69, 9.17) is 5.73 Å². The monoisotopic (exact) mass is 361 g/mol. The van der Waals surface area contributed by atoms with E-state index in [9.17, 15) is 22.8 Å². The van der Waals surface area contributed by atoms with Crippen LogP contribution in [0.2, 0.25) is 0 Å². The molecular formula is C16H22F3N3O3. The molecule has 0 aliphatic heterocycles. The maximum atomic E-state index is 12.4. The van der Waals surface area contributed by atoms with Gasteiger partial charge in [-0.25, -0.2) is 0 Å². The van der Waals surface area contributed by atoms with Gasteiger partial charge in [0.2, 0.25) is 11.8 Å². The average molecular weight is 361 g/mol. The lowest BCUT2D eigenvalue weighted by atomic mass is 10.2. The summed E-state index contributed by atoms with van der Waals surface area (Å²) in [6.07, 6.45) is -4.81. The first-order chi connectivity index (χ1) is 11.6. The Kier molecular flexibility index (Phi) is 7.69. The van der Waals surface area contributed by atoms with Gasteiger partial charge in [0, 0.05) is 18.7 Å². The van der Waals surface area contributed by atoms with Gasteiger partial charge in [0.25, 0.3) is 0 Å². The number of para-hydroxylation sites is 1. The van der Waals surface area contributed by atoms with Gasteiger partial charge in [0.1, 0.15) is 5.75 Å². The van der Waals surface area contributed by atoms with E-state index in [-0.39, 0.29) is 36.9 Å². The van der Waals surface area contributed by atoms with Crippen molar-refractivity contribution < 1.29 is 27.5 Å². The van der Waals surface area contributed by atoms with Gasteiger partial charge in [-0.15, -0.1) is 13.2 Å². The highest BCUT2D eigenvalue weighted by Crippen LogP contribution is 2.26. The molecule has 3 N–H and O–H groups in total. The van der Waals surface area contributed by atoms with Gasteiger partial charge in [-0.1, -0.05) is 32.0 Å². The molecular weight excluding hydrogens is 339 g/mol. The molecule has 0 radical (unpaired) electrons. The van der Waals surface area contributed by atoms with Crippen molar-refractivity contribution in [1.82, 2.24) is 10.2 Å². The van der Waals surface area contributed by atoms with Crippen LogP contribution < -0.4 is 15.8 Å². The minimum atomic E-state index is -4.81. The molecule has 0 saturated heterocycles. The number of benzene rings is 1. The Morgan fingerprint density at radius 2 is 1.88 bits per heavy atom. The lowest BCUT2D eigenvalue weighted by molar-refractivity contribution is -0.274. The van der Waals surface area contributed by atoms with Crippen LogP contribution in [0.3, 0.4) is 0 Å². The predicted octanol–water partition coefficient (Wildman–Crippen LogP) is 1.64. The normalized spacial score (nSPS) is 11.6. The Hall–Kier alpha value is -2.29. The molecule has 1 aromatic rings. The van der Waals surface area contributed by atoms with Crippen LogP contribution in [-0.2, 0) is 16.1 Å². The van der Waals surface area contributed by atoms with Gasteiger partial charge in [-0.2, -0.15) is 0 Å². The van der Waals surface area contributed by atoms with Crippen LogP contribution in [0.1, 0.15) is 19.4 Å². The van der Waals surface area contributed by atoms with Crippen LogP contribution in [0.4, 0.5) is 13.2 Å². The fourth-order valence-corrected chi connectivity index (χ4v) is 2.25. The second kappa shape index (κ2) is 9.26. The van der Waals surface area contributed by atoms with Crippen LogP contribution >= 0.6 is 0 Å². The Morgan fingerprint density at radius 3 is 2.44 bits per heavy atom. The number of hydrogen-bond acceptors (Lipinski definition) is 4. The molecule has 0 saturated carbocycles. The second-order valence-electron chi connectivity index (χ2n) is 5.96. The maximum absolute atomic E-state index is 12.4. The first-order valence-corrected chi connectivity index (χ1v) is 7.68. The van der Waals surface area contributed by atoms with E-state index in [0.717, 1.165) is 0 Å². The van der Waals surface area contributed by atoms with Crippen LogP contribution in [0.25, 0.3) is 0 Å². The molecule has 0 spiro atoms. The van der Waals surface area contributed by atoms with E-state index in [1.807, 2.05) is 13.8 Å². The van der Waals surface area contributed by atoms with E-state index in [1.54, 1.807) is 11.0 Å². The molecule has 0 fully saturated rings. The maximum Gasteiger partial charge on any atom is 0.573 e. The molecule has 2 amide bonds. The fourth-order valence-electron chi connectivity index (χ4n) is 2.25. The van der Waals surface area contributed by atoms with Crippen molar-refractivity contribution in [2.75, 3.05) is 19.6 Å². The molecule has 0 aromatic heterocycles. The lowest BCUT2D eigenvalue weighted by Crippen LogP contribution is -2.42. The summed E-state index contributed by atoms with van der Waals surface area (Å²) in [4.78, 5) is 24.7. The number of rotatable bonds is 9. The average Bonchev–Trinajstić information content (AvgIpc) is 2.43. The lowest BCUT2D eigenvalue weighted by Gasteiger charge is -2.22. The van der Waals surface area contributed by atoms with Gasteiger partial charge in [0.05, 0.1) is 13.1 Å². The highest BCUT2D eigenvalue weighted by atomic mass is 19.4. The highest BCUT2D eigenvalue weighted by molar-refractivity contribution is 5.80. The quantitative estimate of drug-likeness (QED) is 0.700. The van der Waals surface area contributed by atoms with E-state index < -0.39 is 18.2 Å². The van der Waals surface area contributed by atoms with Gasteiger partial charge in [-0.05, 0) is 12.0 Å². The Balaban J connectivity index is 2.65. The number of nitrogens with two attached hydrogens (primary N) is 1. The molecule has 0 aliphatic rings. The zero-order chi connectivity index (χ0) is 19.0. The molecule has 0 unspecified atom stereocenters. The number of alkyl halides is 3. The van der Waals surface area contributed by atoms with Crippen molar-refractivity contribution in [2.24, 2.45) is 11.7 Å². The molecule has 0 atom stereocenters. The summed E-state index contributed by atoms with van der Waals surface area (Å²) >= 11 is 0. The molecule has 1 aromatic carbocycles. The Bertz CT molecular complexity index is 591. The molecule has 25 heavy (non-hydrogen) atoms. The SMILES string of the molecule is CC(C)CN(CC(N)=O)CC(=O)NCc1ccccc1OC(F)(F)F. The Labute approximate surface area is 144 Å². The zero-order valence-electron chi connectivity index (χ0n) is 14.1. The van der Waals surface area contributed by atoms with Crippen molar-refractivity contribution in [3.8, 4) is 5.75 Å². The van der Waals surface area contributed by atoms with E-state index >= 15 is 0 Å². The second-order valence-corrected chi connectivity index (χ2v) is 5.96. The Morgan fingerprint density at radius 1 is 1.24 bits per heavy atom. The molecule has 1 rings (SSSR count). The minimum absolute atomic E-state index is 0.0701. The number of carbonyl (C=O) groups excluding carboxylic acids is 2. The smallest absolute Gasteiger partial charge is 0.405 e. The topological polar surface area (TPSA) is 84.7 Å².